The number of aromatic nitrogens is 5. The molecule has 9 nitrogen and oxygen atoms in total. The van der Waals surface area contributed by atoms with Crippen LogP contribution in [0.5, 0.6) is 0 Å². The quantitative estimate of drug-likeness (QED) is 0.481. The van der Waals surface area contributed by atoms with Crippen LogP contribution in [0, 0.1) is 0 Å². The summed E-state index contributed by atoms with van der Waals surface area (Å²) in [5.41, 5.74) is 0. The Morgan fingerprint density at radius 3 is 2.88 bits per heavy atom. The monoisotopic (exact) mass is 375 g/mol. The largest absolute Gasteiger partial charge is 0.461 e. The maximum atomic E-state index is 12.5. The Morgan fingerprint density at radius 1 is 1.38 bits per heavy atom. The number of thioether (sulfide) groups is 1. The van der Waals surface area contributed by atoms with Gasteiger partial charge in [0, 0.05) is 6.07 Å². The minimum atomic E-state index is -0.425. The van der Waals surface area contributed by atoms with Crippen molar-refractivity contribution in [2.75, 3.05) is 11.2 Å². The molecule has 0 unspecified atom stereocenters. The molecular formula is C16H21N7O2S. The SMILES string of the molecule is CC[C@@H](C)n1nccc1NC(=O)[C@H](C)Sc1nnc(-c2ccco2)n1N. The molecule has 10 heteroatoms. The molecule has 3 rings (SSSR count). The van der Waals surface area contributed by atoms with Crippen molar-refractivity contribution >= 4 is 23.5 Å². The molecule has 0 aromatic carbocycles. The van der Waals surface area contributed by atoms with Crippen LogP contribution in [-0.2, 0) is 4.79 Å². The van der Waals surface area contributed by atoms with Gasteiger partial charge in [-0.15, -0.1) is 10.2 Å². The number of nitrogens with one attached hydrogen (secondary N) is 1. The Kier molecular flexibility index (Phi) is 5.31. The van der Waals surface area contributed by atoms with Gasteiger partial charge in [-0.25, -0.2) is 9.36 Å². The maximum absolute atomic E-state index is 12.5. The molecule has 0 aliphatic carbocycles. The first kappa shape index (κ1) is 18.1. The first-order chi connectivity index (χ1) is 12.5. The number of hydrogen-bond acceptors (Lipinski definition) is 7. The Balaban J connectivity index is 1.68. The molecule has 1 amide bonds. The maximum Gasteiger partial charge on any atom is 0.238 e. The lowest BCUT2D eigenvalue weighted by atomic mass is 10.3. The van der Waals surface area contributed by atoms with Crippen LogP contribution in [0.3, 0.4) is 0 Å². The van der Waals surface area contributed by atoms with E-state index in [1.165, 1.54) is 22.7 Å². The van der Waals surface area contributed by atoms with Crippen molar-refractivity contribution in [3.05, 3.63) is 30.7 Å². The summed E-state index contributed by atoms with van der Waals surface area (Å²) in [5, 5.41) is 15.2. The molecule has 3 aromatic heterocycles. The van der Waals surface area contributed by atoms with E-state index in [0.29, 0.717) is 22.6 Å². The van der Waals surface area contributed by atoms with Crippen LogP contribution in [0.25, 0.3) is 11.6 Å². The second kappa shape index (κ2) is 7.65. The number of nitrogen functional groups attached to an aromatic ring is 1. The topological polar surface area (TPSA) is 117 Å². The zero-order valence-electron chi connectivity index (χ0n) is 14.8. The number of rotatable bonds is 7. The van der Waals surface area contributed by atoms with Crippen LogP contribution < -0.4 is 11.2 Å². The highest BCUT2D eigenvalue weighted by Gasteiger charge is 2.22. The molecule has 3 aromatic rings. The predicted molar refractivity (Wildman–Crippen MR) is 99.1 cm³/mol. The molecule has 0 radical (unpaired) electrons. The molecule has 0 spiro atoms. The third-order valence-corrected chi connectivity index (χ3v) is 5.04. The molecule has 0 aliphatic heterocycles. The normalized spacial score (nSPS) is 13.5. The summed E-state index contributed by atoms with van der Waals surface area (Å²) >= 11 is 1.22. The molecule has 0 fully saturated rings. The highest BCUT2D eigenvalue weighted by Crippen LogP contribution is 2.26. The van der Waals surface area contributed by atoms with Gasteiger partial charge in [-0.3, -0.25) is 4.79 Å². The predicted octanol–water partition coefficient (Wildman–Crippen LogP) is 2.54. The second-order valence-corrected chi connectivity index (χ2v) is 7.13. The molecule has 138 valence electrons. The van der Waals surface area contributed by atoms with Crippen LogP contribution in [0.2, 0.25) is 0 Å². The number of nitrogens with two attached hydrogens (primary N) is 1. The zero-order chi connectivity index (χ0) is 18.7. The van der Waals surface area contributed by atoms with E-state index in [1.807, 2.05) is 6.92 Å². The van der Waals surface area contributed by atoms with Crippen molar-refractivity contribution in [2.45, 2.75) is 43.6 Å². The molecule has 0 aliphatic rings. The summed E-state index contributed by atoms with van der Waals surface area (Å²) in [6, 6.07) is 5.47. The van der Waals surface area contributed by atoms with Crippen LogP contribution >= 0.6 is 11.8 Å². The summed E-state index contributed by atoms with van der Waals surface area (Å²) in [7, 11) is 0. The van der Waals surface area contributed by atoms with Crippen LogP contribution in [-0.4, -0.2) is 35.8 Å². The third kappa shape index (κ3) is 3.59. The van der Waals surface area contributed by atoms with Crippen molar-refractivity contribution in [2.24, 2.45) is 0 Å². The van der Waals surface area contributed by atoms with E-state index in [2.05, 4.69) is 27.5 Å². The average molecular weight is 375 g/mol. The summed E-state index contributed by atoms with van der Waals surface area (Å²) in [6.45, 7) is 5.90. The number of carbonyl (C=O) groups excluding carboxylic acids is 1. The van der Waals surface area contributed by atoms with Gasteiger partial charge in [0.15, 0.2) is 5.76 Å². The van der Waals surface area contributed by atoms with Crippen molar-refractivity contribution in [3.63, 3.8) is 0 Å². The lowest BCUT2D eigenvalue weighted by Crippen LogP contribution is -2.25. The standard InChI is InChI=1S/C16H21N7O2S/c1-4-10(2)23-13(7-8-18-23)19-15(24)11(3)26-16-21-20-14(22(16)17)12-6-5-9-25-12/h5-11H,4,17H2,1-3H3,(H,19,24)/t10-,11+/m1/s1. The first-order valence-corrected chi connectivity index (χ1v) is 9.14. The van der Waals surface area contributed by atoms with Gasteiger partial charge < -0.3 is 15.6 Å². The van der Waals surface area contributed by atoms with E-state index in [1.54, 1.807) is 36.0 Å². The zero-order valence-corrected chi connectivity index (χ0v) is 15.6. The minimum absolute atomic E-state index is 0.164. The number of hydrogen-bond donors (Lipinski definition) is 2. The highest BCUT2D eigenvalue weighted by molar-refractivity contribution is 8.00. The van der Waals surface area contributed by atoms with E-state index >= 15 is 0 Å². The minimum Gasteiger partial charge on any atom is -0.461 e. The fourth-order valence-corrected chi connectivity index (χ4v) is 3.08. The number of amides is 1. The molecular weight excluding hydrogens is 354 g/mol. The third-order valence-electron chi connectivity index (χ3n) is 3.99. The Hall–Kier alpha value is -2.75. The van der Waals surface area contributed by atoms with Gasteiger partial charge >= 0.3 is 0 Å². The molecule has 3 heterocycles. The number of anilines is 1. The molecule has 0 bridgehead atoms. The van der Waals surface area contributed by atoms with Gasteiger partial charge in [-0.2, -0.15) is 5.10 Å². The molecule has 0 saturated carbocycles. The van der Waals surface area contributed by atoms with Gasteiger partial charge in [-0.1, -0.05) is 18.7 Å². The fraction of sp³-hybridized carbons (Fsp3) is 0.375. The fourth-order valence-electron chi connectivity index (χ4n) is 2.31. The lowest BCUT2D eigenvalue weighted by Gasteiger charge is -2.16. The summed E-state index contributed by atoms with van der Waals surface area (Å²) in [6.07, 6.45) is 4.12. The summed E-state index contributed by atoms with van der Waals surface area (Å²) < 4.78 is 8.40. The van der Waals surface area contributed by atoms with Gasteiger partial charge in [0.05, 0.1) is 23.8 Å². The van der Waals surface area contributed by atoms with E-state index in [9.17, 15) is 4.79 Å². The van der Waals surface area contributed by atoms with E-state index in [-0.39, 0.29) is 11.9 Å². The molecule has 2 atom stereocenters. The van der Waals surface area contributed by atoms with Crippen molar-refractivity contribution in [3.8, 4) is 11.6 Å². The lowest BCUT2D eigenvalue weighted by molar-refractivity contribution is -0.115. The summed E-state index contributed by atoms with van der Waals surface area (Å²) in [5.74, 6) is 7.45. The van der Waals surface area contributed by atoms with Gasteiger partial charge in [0.1, 0.15) is 5.82 Å². The smallest absolute Gasteiger partial charge is 0.238 e. The van der Waals surface area contributed by atoms with Crippen LogP contribution in [0.1, 0.15) is 33.2 Å². The Bertz CT molecular complexity index is 871. The van der Waals surface area contributed by atoms with Crippen molar-refractivity contribution < 1.29 is 9.21 Å². The Labute approximate surface area is 154 Å². The molecule has 26 heavy (non-hydrogen) atoms. The van der Waals surface area contributed by atoms with Crippen molar-refractivity contribution in [1.82, 2.24) is 24.7 Å². The van der Waals surface area contributed by atoms with Gasteiger partial charge in [0.2, 0.25) is 16.9 Å². The average Bonchev–Trinajstić information content (AvgIpc) is 3.36. The van der Waals surface area contributed by atoms with E-state index in [4.69, 9.17) is 10.3 Å². The van der Waals surface area contributed by atoms with Crippen LogP contribution in [0.15, 0.2) is 40.2 Å². The van der Waals surface area contributed by atoms with Crippen LogP contribution in [0.4, 0.5) is 5.82 Å². The first-order valence-electron chi connectivity index (χ1n) is 8.26. The summed E-state index contributed by atoms with van der Waals surface area (Å²) in [4.78, 5) is 12.5. The highest BCUT2D eigenvalue weighted by atomic mass is 32.2. The number of nitrogens with zero attached hydrogens (tertiary/aromatic N) is 5. The van der Waals surface area contributed by atoms with Gasteiger partial charge in [0.25, 0.3) is 0 Å². The van der Waals surface area contributed by atoms with Gasteiger partial charge in [-0.05, 0) is 32.4 Å². The Morgan fingerprint density at radius 2 is 2.19 bits per heavy atom. The van der Waals surface area contributed by atoms with E-state index < -0.39 is 5.25 Å². The number of furan rings is 1. The van der Waals surface area contributed by atoms with Crippen molar-refractivity contribution in [1.29, 1.82) is 0 Å². The molecule has 0 saturated heterocycles. The number of carbonyl (C=O) groups is 1. The molecule has 3 N–H and O–H groups in total. The second-order valence-electron chi connectivity index (χ2n) is 5.82. The van der Waals surface area contributed by atoms with E-state index in [0.717, 1.165) is 6.42 Å².